The number of rotatable bonds is 4. The van der Waals surface area contributed by atoms with Gasteiger partial charge >= 0.3 is 0 Å². The van der Waals surface area contributed by atoms with Gasteiger partial charge in [0.1, 0.15) is 5.75 Å². The van der Waals surface area contributed by atoms with E-state index in [1.165, 1.54) is 0 Å². The highest BCUT2D eigenvalue weighted by Gasteiger charge is 2.22. The number of nitrogens with zero attached hydrogens (tertiary/aromatic N) is 2. The molecule has 1 aliphatic heterocycles. The van der Waals surface area contributed by atoms with E-state index in [-0.39, 0.29) is 17.2 Å². The van der Waals surface area contributed by atoms with Gasteiger partial charge in [0, 0.05) is 43.8 Å². The molecule has 0 aliphatic carbocycles. The second-order valence-electron chi connectivity index (χ2n) is 6.37. The van der Waals surface area contributed by atoms with Crippen LogP contribution in [0.15, 0.2) is 24.3 Å². The molecule has 1 heterocycles. The minimum atomic E-state index is -0.288. The summed E-state index contributed by atoms with van der Waals surface area (Å²) in [6.45, 7) is 7.02. The molecule has 1 amide bonds. The predicted molar refractivity (Wildman–Crippen MR) is 84.4 cm³/mol. The van der Waals surface area contributed by atoms with Crippen LogP contribution in [0.4, 0.5) is 5.69 Å². The molecular weight excluding hydrogens is 266 g/mol. The highest BCUT2D eigenvalue weighted by Crippen LogP contribution is 2.20. The van der Waals surface area contributed by atoms with Crippen molar-refractivity contribution in [3.63, 3.8) is 0 Å². The summed E-state index contributed by atoms with van der Waals surface area (Å²) >= 11 is 0. The molecule has 1 saturated heterocycles. The molecule has 0 spiro atoms. The average molecular weight is 291 g/mol. The van der Waals surface area contributed by atoms with Gasteiger partial charge in [0.2, 0.25) is 5.91 Å². The van der Waals surface area contributed by atoms with Crippen LogP contribution in [0.1, 0.15) is 26.7 Å². The summed E-state index contributed by atoms with van der Waals surface area (Å²) in [4.78, 5) is 16.3. The van der Waals surface area contributed by atoms with Crippen LogP contribution in [0, 0.1) is 0 Å². The molecule has 21 heavy (non-hydrogen) atoms. The summed E-state index contributed by atoms with van der Waals surface area (Å²) in [5, 5.41) is 9.31. The number of nitrogens with two attached hydrogens (primary N) is 1. The maximum atomic E-state index is 12.2. The number of hydrogen-bond donors (Lipinski definition) is 2. The minimum absolute atomic E-state index is 0.193. The van der Waals surface area contributed by atoms with Gasteiger partial charge in [0.05, 0.1) is 0 Å². The van der Waals surface area contributed by atoms with Crippen molar-refractivity contribution in [2.75, 3.05) is 31.1 Å². The van der Waals surface area contributed by atoms with Gasteiger partial charge in [-0.3, -0.25) is 4.79 Å². The monoisotopic (exact) mass is 291 g/mol. The van der Waals surface area contributed by atoms with Crippen molar-refractivity contribution in [3.8, 4) is 5.75 Å². The van der Waals surface area contributed by atoms with E-state index in [2.05, 4.69) is 4.90 Å². The van der Waals surface area contributed by atoms with Crippen molar-refractivity contribution in [2.45, 2.75) is 32.2 Å². The molecule has 0 bridgehead atoms. The van der Waals surface area contributed by atoms with Crippen molar-refractivity contribution in [1.29, 1.82) is 0 Å². The van der Waals surface area contributed by atoms with E-state index in [0.29, 0.717) is 12.8 Å². The summed E-state index contributed by atoms with van der Waals surface area (Å²) in [7, 11) is 0. The van der Waals surface area contributed by atoms with Gasteiger partial charge < -0.3 is 20.6 Å². The molecule has 1 fully saturated rings. The number of hydrogen-bond acceptors (Lipinski definition) is 4. The number of carbonyl (C=O) groups is 1. The van der Waals surface area contributed by atoms with Crippen molar-refractivity contribution in [3.05, 3.63) is 24.3 Å². The van der Waals surface area contributed by atoms with Crippen LogP contribution >= 0.6 is 0 Å². The van der Waals surface area contributed by atoms with Gasteiger partial charge in [0.25, 0.3) is 0 Å². The molecular formula is C16H25N3O2. The van der Waals surface area contributed by atoms with Crippen LogP contribution in [0.25, 0.3) is 0 Å². The largest absolute Gasteiger partial charge is 0.508 e. The highest BCUT2D eigenvalue weighted by atomic mass is 16.3. The smallest absolute Gasteiger partial charge is 0.222 e. The SMILES string of the molecule is CC(C)(N)CCC(=O)N1CCN(c2ccc(O)cc2)CC1. The molecule has 0 unspecified atom stereocenters. The Morgan fingerprint density at radius 1 is 1.19 bits per heavy atom. The standard InChI is InChI=1S/C16H25N3O2/c1-16(2,17)8-7-15(21)19-11-9-18(10-12-19)13-3-5-14(20)6-4-13/h3-6,20H,7-12,17H2,1-2H3. The number of phenolic OH excluding ortho intramolecular Hbond substituents is 1. The van der Waals surface area contributed by atoms with Gasteiger partial charge in [-0.05, 0) is 44.5 Å². The maximum Gasteiger partial charge on any atom is 0.222 e. The lowest BCUT2D eigenvalue weighted by molar-refractivity contribution is -0.131. The molecule has 116 valence electrons. The summed E-state index contributed by atoms with van der Waals surface area (Å²) in [5.74, 6) is 0.468. The van der Waals surface area contributed by atoms with Crippen LogP contribution in [0.5, 0.6) is 5.75 Å². The molecule has 5 nitrogen and oxygen atoms in total. The lowest BCUT2D eigenvalue weighted by Crippen LogP contribution is -2.49. The number of aromatic hydroxyl groups is 1. The normalized spacial score (nSPS) is 16.1. The topological polar surface area (TPSA) is 69.8 Å². The second-order valence-corrected chi connectivity index (χ2v) is 6.37. The van der Waals surface area contributed by atoms with Gasteiger partial charge in [-0.15, -0.1) is 0 Å². The zero-order valence-corrected chi connectivity index (χ0v) is 12.9. The predicted octanol–water partition coefficient (Wildman–Crippen LogP) is 1.56. The van der Waals surface area contributed by atoms with Gasteiger partial charge in [-0.2, -0.15) is 0 Å². The Labute approximate surface area is 126 Å². The van der Waals surface area contributed by atoms with Crippen molar-refractivity contribution in [2.24, 2.45) is 5.73 Å². The number of benzene rings is 1. The van der Waals surface area contributed by atoms with E-state index in [0.717, 1.165) is 31.9 Å². The van der Waals surface area contributed by atoms with Gasteiger partial charge in [-0.25, -0.2) is 0 Å². The molecule has 5 heteroatoms. The van der Waals surface area contributed by atoms with Crippen LogP contribution in [0.3, 0.4) is 0 Å². The van der Waals surface area contributed by atoms with Crippen LogP contribution in [-0.2, 0) is 4.79 Å². The van der Waals surface area contributed by atoms with Crippen molar-refractivity contribution in [1.82, 2.24) is 4.90 Å². The molecule has 1 aromatic carbocycles. The Balaban J connectivity index is 1.82. The fourth-order valence-corrected chi connectivity index (χ4v) is 2.46. The molecule has 0 atom stereocenters. The van der Waals surface area contributed by atoms with Gasteiger partial charge in [-0.1, -0.05) is 0 Å². The summed E-state index contributed by atoms with van der Waals surface area (Å²) in [6, 6.07) is 7.19. The van der Waals surface area contributed by atoms with Crippen molar-refractivity contribution < 1.29 is 9.90 Å². The van der Waals surface area contributed by atoms with Crippen LogP contribution in [0.2, 0.25) is 0 Å². The first-order valence-corrected chi connectivity index (χ1v) is 7.46. The zero-order valence-electron chi connectivity index (χ0n) is 12.9. The number of piperazine rings is 1. The maximum absolute atomic E-state index is 12.2. The Morgan fingerprint density at radius 3 is 2.29 bits per heavy atom. The van der Waals surface area contributed by atoms with Gasteiger partial charge in [0.15, 0.2) is 0 Å². The van der Waals surface area contributed by atoms with Crippen LogP contribution < -0.4 is 10.6 Å². The first-order chi connectivity index (χ1) is 9.85. The number of amides is 1. The molecule has 2 rings (SSSR count). The Morgan fingerprint density at radius 2 is 1.76 bits per heavy atom. The third kappa shape index (κ3) is 4.63. The fourth-order valence-electron chi connectivity index (χ4n) is 2.46. The van der Waals surface area contributed by atoms with Crippen molar-refractivity contribution >= 4 is 11.6 Å². The Bertz CT molecular complexity index is 471. The summed E-state index contributed by atoms with van der Waals surface area (Å²) in [6.07, 6.45) is 1.23. The lowest BCUT2D eigenvalue weighted by Gasteiger charge is -2.36. The Kier molecular flexibility index (Phi) is 4.73. The van der Waals surface area contributed by atoms with E-state index in [1.807, 2.05) is 30.9 Å². The minimum Gasteiger partial charge on any atom is -0.508 e. The Hall–Kier alpha value is -1.75. The third-order valence-corrected chi connectivity index (χ3v) is 3.83. The summed E-state index contributed by atoms with van der Waals surface area (Å²) in [5.41, 5.74) is 6.72. The van der Waals surface area contributed by atoms with E-state index < -0.39 is 0 Å². The molecule has 0 aromatic heterocycles. The highest BCUT2D eigenvalue weighted by molar-refractivity contribution is 5.76. The van der Waals surface area contributed by atoms with E-state index in [1.54, 1.807) is 12.1 Å². The second kappa shape index (κ2) is 6.35. The number of anilines is 1. The summed E-state index contributed by atoms with van der Waals surface area (Å²) < 4.78 is 0. The number of carbonyl (C=O) groups excluding carboxylic acids is 1. The fraction of sp³-hybridized carbons (Fsp3) is 0.562. The molecule has 0 radical (unpaired) electrons. The molecule has 1 aromatic rings. The first kappa shape index (κ1) is 15.6. The van der Waals surface area contributed by atoms with E-state index >= 15 is 0 Å². The molecule has 3 N–H and O–H groups in total. The average Bonchev–Trinajstić information content (AvgIpc) is 2.45. The first-order valence-electron chi connectivity index (χ1n) is 7.46. The molecule has 0 saturated carbocycles. The molecule has 1 aliphatic rings. The van der Waals surface area contributed by atoms with E-state index in [9.17, 15) is 9.90 Å². The number of phenols is 1. The lowest BCUT2D eigenvalue weighted by atomic mass is 9.99. The van der Waals surface area contributed by atoms with Crippen LogP contribution in [-0.4, -0.2) is 47.6 Å². The van der Waals surface area contributed by atoms with E-state index in [4.69, 9.17) is 5.73 Å². The third-order valence-electron chi connectivity index (χ3n) is 3.83. The zero-order chi connectivity index (χ0) is 15.5. The quantitative estimate of drug-likeness (QED) is 0.883.